The van der Waals surface area contributed by atoms with Crippen LogP contribution in [0.2, 0.25) is 10.0 Å². The highest BCUT2D eigenvalue weighted by atomic mass is 35.5. The number of rotatable bonds is 6. The molecule has 0 bridgehead atoms. The molecule has 0 saturated heterocycles. The predicted octanol–water partition coefficient (Wildman–Crippen LogP) is 5.23. The number of anilines is 1. The van der Waals surface area contributed by atoms with Crippen LogP contribution in [0.4, 0.5) is 5.69 Å². The molecule has 0 heterocycles. The summed E-state index contributed by atoms with van der Waals surface area (Å²) in [6.07, 6.45) is 0. The fourth-order valence-corrected chi connectivity index (χ4v) is 2.62. The third-order valence-electron chi connectivity index (χ3n) is 3.62. The Kier molecular flexibility index (Phi) is 6.53. The SMILES string of the molecule is O=C(COc1ccccc1)Oc1ccc(C(=O)Nc2cc(Cl)ccc2Cl)cc1. The molecule has 0 atom stereocenters. The van der Waals surface area contributed by atoms with E-state index in [0.717, 1.165) is 0 Å². The first-order valence-corrected chi connectivity index (χ1v) is 9.02. The molecule has 5 nitrogen and oxygen atoms in total. The lowest BCUT2D eigenvalue weighted by molar-refractivity contribution is -0.136. The predicted molar refractivity (Wildman–Crippen MR) is 108 cm³/mol. The molecule has 0 saturated carbocycles. The molecular formula is C21H15Cl2NO4. The van der Waals surface area contributed by atoms with Crippen LogP contribution in [0, 0.1) is 0 Å². The van der Waals surface area contributed by atoms with E-state index in [2.05, 4.69) is 5.32 Å². The lowest BCUT2D eigenvalue weighted by Gasteiger charge is -2.09. The third-order valence-corrected chi connectivity index (χ3v) is 4.19. The van der Waals surface area contributed by atoms with E-state index in [0.29, 0.717) is 32.8 Å². The minimum atomic E-state index is -0.549. The second kappa shape index (κ2) is 9.26. The molecule has 7 heteroatoms. The zero-order valence-electron chi connectivity index (χ0n) is 14.5. The maximum Gasteiger partial charge on any atom is 0.349 e. The third kappa shape index (κ3) is 5.49. The molecule has 0 unspecified atom stereocenters. The first kappa shape index (κ1) is 19.7. The van der Waals surface area contributed by atoms with E-state index in [1.54, 1.807) is 42.5 Å². The highest BCUT2D eigenvalue weighted by Crippen LogP contribution is 2.26. The van der Waals surface area contributed by atoms with Gasteiger partial charge in [0.05, 0.1) is 10.7 Å². The van der Waals surface area contributed by atoms with Gasteiger partial charge in [-0.3, -0.25) is 4.79 Å². The molecule has 0 aromatic heterocycles. The van der Waals surface area contributed by atoms with Gasteiger partial charge in [-0.15, -0.1) is 0 Å². The zero-order chi connectivity index (χ0) is 19.9. The zero-order valence-corrected chi connectivity index (χ0v) is 16.0. The van der Waals surface area contributed by atoms with Gasteiger partial charge in [0.25, 0.3) is 5.91 Å². The number of carbonyl (C=O) groups excluding carboxylic acids is 2. The summed E-state index contributed by atoms with van der Waals surface area (Å²) in [4.78, 5) is 24.2. The van der Waals surface area contributed by atoms with Crippen LogP contribution >= 0.6 is 23.2 Å². The highest BCUT2D eigenvalue weighted by molar-refractivity contribution is 6.35. The molecule has 28 heavy (non-hydrogen) atoms. The Morgan fingerprint density at radius 1 is 0.857 bits per heavy atom. The molecule has 142 valence electrons. The molecule has 0 fully saturated rings. The van der Waals surface area contributed by atoms with Gasteiger partial charge in [0, 0.05) is 10.6 Å². The number of hydrogen-bond acceptors (Lipinski definition) is 4. The number of benzene rings is 3. The number of ether oxygens (including phenoxy) is 2. The van der Waals surface area contributed by atoms with Gasteiger partial charge in [0.15, 0.2) is 6.61 Å². The van der Waals surface area contributed by atoms with Crippen molar-refractivity contribution < 1.29 is 19.1 Å². The van der Waals surface area contributed by atoms with E-state index in [1.165, 1.54) is 24.3 Å². The summed E-state index contributed by atoms with van der Waals surface area (Å²) >= 11 is 12.0. The summed E-state index contributed by atoms with van der Waals surface area (Å²) in [5.74, 6) is -0.0358. The molecule has 3 rings (SSSR count). The number of para-hydroxylation sites is 1. The molecular weight excluding hydrogens is 401 g/mol. The Morgan fingerprint density at radius 3 is 2.29 bits per heavy atom. The van der Waals surface area contributed by atoms with Crippen molar-refractivity contribution in [3.05, 3.63) is 88.4 Å². The number of carbonyl (C=O) groups is 2. The molecule has 1 N–H and O–H groups in total. The quantitative estimate of drug-likeness (QED) is 0.442. The first-order chi connectivity index (χ1) is 13.5. The largest absolute Gasteiger partial charge is 0.482 e. The fourth-order valence-electron chi connectivity index (χ4n) is 2.28. The Labute approximate surface area is 171 Å². The van der Waals surface area contributed by atoms with E-state index in [-0.39, 0.29) is 12.5 Å². The average molecular weight is 416 g/mol. The van der Waals surface area contributed by atoms with Crippen LogP contribution in [0.15, 0.2) is 72.8 Å². The maximum atomic E-state index is 12.3. The Balaban J connectivity index is 1.56. The highest BCUT2D eigenvalue weighted by Gasteiger charge is 2.11. The summed E-state index contributed by atoms with van der Waals surface area (Å²) in [5.41, 5.74) is 0.782. The van der Waals surface area contributed by atoms with Crippen LogP contribution in [0.5, 0.6) is 11.5 Å². The first-order valence-electron chi connectivity index (χ1n) is 8.26. The van der Waals surface area contributed by atoms with Gasteiger partial charge in [-0.1, -0.05) is 41.4 Å². The topological polar surface area (TPSA) is 64.6 Å². The van der Waals surface area contributed by atoms with Crippen LogP contribution in [-0.4, -0.2) is 18.5 Å². The number of halogens is 2. The van der Waals surface area contributed by atoms with Gasteiger partial charge in [0.2, 0.25) is 0 Å². The van der Waals surface area contributed by atoms with Crippen LogP contribution in [-0.2, 0) is 4.79 Å². The molecule has 0 aliphatic heterocycles. The second-order valence-corrected chi connectivity index (χ2v) is 6.52. The van der Waals surface area contributed by atoms with Gasteiger partial charge in [-0.25, -0.2) is 4.79 Å². The van der Waals surface area contributed by atoms with Crippen molar-refractivity contribution >= 4 is 40.8 Å². The van der Waals surface area contributed by atoms with E-state index in [4.69, 9.17) is 32.7 Å². The van der Waals surface area contributed by atoms with Crippen molar-refractivity contribution in [3.8, 4) is 11.5 Å². The molecule has 3 aromatic rings. The van der Waals surface area contributed by atoms with Crippen LogP contribution in [0.25, 0.3) is 0 Å². The molecule has 0 aliphatic rings. The van der Waals surface area contributed by atoms with Crippen molar-refractivity contribution in [2.45, 2.75) is 0 Å². The monoisotopic (exact) mass is 415 g/mol. The number of amides is 1. The van der Waals surface area contributed by atoms with E-state index in [1.807, 2.05) is 6.07 Å². The smallest absolute Gasteiger partial charge is 0.349 e. The van der Waals surface area contributed by atoms with Gasteiger partial charge in [-0.2, -0.15) is 0 Å². The van der Waals surface area contributed by atoms with Crippen molar-refractivity contribution in [2.24, 2.45) is 0 Å². The van der Waals surface area contributed by atoms with Gasteiger partial charge < -0.3 is 14.8 Å². The second-order valence-electron chi connectivity index (χ2n) is 5.68. The van der Waals surface area contributed by atoms with Crippen LogP contribution in [0.1, 0.15) is 10.4 Å². The van der Waals surface area contributed by atoms with E-state index in [9.17, 15) is 9.59 Å². The standard InChI is InChI=1S/C21H15Cl2NO4/c22-15-8-11-18(23)19(12-15)24-21(26)14-6-9-17(10-7-14)28-20(25)13-27-16-4-2-1-3-5-16/h1-12H,13H2,(H,24,26). The van der Waals surface area contributed by atoms with E-state index >= 15 is 0 Å². The molecule has 1 amide bonds. The summed E-state index contributed by atoms with van der Waals surface area (Å²) in [6.45, 7) is -0.223. The summed E-state index contributed by atoms with van der Waals surface area (Å²) in [6, 6.07) is 19.9. The number of hydrogen-bond donors (Lipinski definition) is 1. The van der Waals surface area contributed by atoms with Gasteiger partial charge >= 0.3 is 5.97 Å². The molecule has 0 spiro atoms. The van der Waals surface area contributed by atoms with Crippen molar-refractivity contribution in [1.29, 1.82) is 0 Å². The fraction of sp³-hybridized carbons (Fsp3) is 0.0476. The Bertz CT molecular complexity index is 975. The minimum Gasteiger partial charge on any atom is -0.482 e. The molecule has 0 radical (unpaired) electrons. The van der Waals surface area contributed by atoms with E-state index < -0.39 is 5.97 Å². The van der Waals surface area contributed by atoms with Crippen molar-refractivity contribution in [1.82, 2.24) is 0 Å². The maximum absolute atomic E-state index is 12.3. The Morgan fingerprint density at radius 2 is 1.57 bits per heavy atom. The molecule has 0 aliphatic carbocycles. The van der Waals surface area contributed by atoms with Crippen molar-refractivity contribution in [2.75, 3.05) is 11.9 Å². The molecule has 3 aromatic carbocycles. The van der Waals surface area contributed by atoms with Crippen molar-refractivity contribution in [3.63, 3.8) is 0 Å². The number of esters is 1. The normalized spacial score (nSPS) is 10.2. The van der Waals surface area contributed by atoms with Gasteiger partial charge in [0.1, 0.15) is 11.5 Å². The number of nitrogens with one attached hydrogen (secondary N) is 1. The van der Waals surface area contributed by atoms with Crippen LogP contribution in [0.3, 0.4) is 0 Å². The summed E-state index contributed by atoms with van der Waals surface area (Å²) in [5, 5.41) is 3.52. The lowest BCUT2D eigenvalue weighted by atomic mass is 10.2. The summed E-state index contributed by atoms with van der Waals surface area (Å²) < 4.78 is 10.5. The Hall–Kier alpha value is -3.02. The minimum absolute atomic E-state index is 0.223. The lowest BCUT2D eigenvalue weighted by Crippen LogP contribution is -2.18. The average Bonchev–Trinajstić information content (AvgIpc) is 2.70. The van der Waals surface area contributed by atoms with Crippen LogP contribution < -0.4 is 14.8 Å². The van der Waals surface area contributed by atoms with Gasteiger partial charge in [-0.05, 0) is 54.6 Å². The summed E-state index contributed by atoms with van der Waals surface area (Å²) in [7, 11) is 0.